The normalized spacial score (nSPS) is 25.8. The molecule has 1 aliphatic carbocycles. The average Bonchev–Trinajstić information content (AvgIpc) is 2.84. The predicted molar refractivity (Wildman–Crippen MR) is 63.2 cm³/mol. The van der Waals surface area contributed by atoms with E-state index in [-0.39, 0.29) is 0 Å². The van der Waals surface area contributed by atoms with Gasteiger partial charge in [0.1, 0.15) is 5.82 Å². The van der Waals surface area contributed by atoms with Gasteiger partial charge in [0.05, 0.1) is 0 Å². The Morgan fingerprint density at radius 3 is 2.93 bits per heavy atom. The Balaban J connectivity index is 2.10. The average molecular weight is 226 g/mol. The van der Waals surface area contributed by atoms with E-state index in [0.29, 0.717) is 12.0 Å². The van der Waals surface area contributed by atoms with Gasteiger partial charge in [0.15, 0.2) is 0 Å². The first kappa shape index (κ1) is 10.8. The molecule has 2 N–H and O–H groups in total. The molecule has 4 nitrogen and oxygen atoms in total. The van der Waals surface area contributed by atoms with Gasteiger partial charge >= 0.3 is 0 Å². The van der Waals surface area contributed by atoms with Crippen LogP contribution in [0.4, 0.5) is 5.13 Å². The van der Waals surface area contributed by atoms with Gasteiger partial charge in [0, 0.05) is 24.6 Å². The molecule has 0 aliphatic heterocycles. The van der Waals surface area contributed by atoms with Crippen LogP contribution in [0.5, 0.6) is 0 Å². The van der Waals surface area contributed by atoms with Crippen molar-refractivity contribution in [2.45, 2.75) is 32.2 Å². The predicted octanol–water partition coefficient (Wildman–Crippen LogP) is 1.41. The molecule has 1 aliphatic rings. The second-order valence-corrected chi connectivity index (χ2v) is 4.96. The maximum Gasteiger partial charge on any atom is 0.205 e. The SMILES string of the molecule is Cc1nsc(N(C)C2CCCC2CN)n1. The number of rotatable bonds is 3. The van der Waals surface area contributed by atoms with Crippen molar-refractivity contribution in [1.82, 2.24) is 9.36 Å². The lowest BCUT2D eigenvalue weighted by atomic mass is 10.0. The summed E-state index contributed by atoms with van der Waals surface area (Å²) >= 11 is 1.48. The van der Waals surface area contributed by atoms with Crippen LogP contribution in [-0.2, 0) is 0 Å². The lowest BCUT2D eigenvalue weighted by Crippen LogP contribution is -2.37. The van der Waals surface area contributed by atoms with Crippen LogP contribution in [0, 0.1) is 12.8 Å². The summed E-state index contributed by atoms with van der Waals surface area (Å²) in [6.45, 7) is 2.72. The van der Waals surface area contributed by atoms with Crippen LogP contribution in [0.3, 0.4) is 0 Å². The standard InChI is InChI=1S/C10H18N4S/c1-7-12-10(15-13-7)14(2)9-5-3-4-8(9)6-11/h8-9H,3-6,11H2,1-2H3. The third kappa shape index (κ3) is 2.13. The molecule has 0 aromatic carbocycles. The van der Waals surface area contributed by atoms with Crippen molar-refractivity contribution in [2.75, 3.05) is 18.5 Å². The molecule has 5 heteroatoms. The van der Waals surface area contributed by atoms with Crippen molar-refractivity contribution >= 4 is 16.7 Å². The monoisotopic (exact) mass is 226 g/mol. The highest BCUT2D eigenvalue weighted by atomic mass is 32.1. The summed E-state index contributed by atoms with van der Waals surface area (Å²) in [5, 5.41) is 1.03. The zero-order valence-corrected chi connectivity index (χ0v) is 10.1. The first-order valence-electron chi connectivity index (χ1n) is 5.45. The van der Waals surface area contributed by atoms with E-state index in [0.717, 1.165) is 17.5 Å². The van der Waals surface area contributed by atoms with E-state index in [2.05, 4.69) is 21.3 Å². The van der Waals surface area contributed by atoms with Gasteiger partial charge in [-0.15, -0.1) is 0 Å². The second kappa shape index (κ2) is 4.45. The van der Waals surface area contributed by atoms with Crippen molar-refractivity contribution in [3.63, 3.8) is 0 Å². The fraction of sp³-hybridized carbons (Fsp3) is 0.800. The molecule has 15 heavy (non-hydrogen) atoms. The molecule has 0 radical (unpaired) electrons. The Labute approximate surface area is 94.7 Å². The van der Waals surface area contributed by atoms with Crippen molar-refractivity contribution in [2.24, 2.45) is 11.7 Å². The number of anilines is 1. The van der Waals surface area contributed by atoms with Crippen LogP contribution in [0.15, 0.2) is 0 Å². The molecular formula is C10H18N4S. The summed E-state index contributed by atoms with van der Waals surface area (Å²) in [6.07, 6.45) is 3.77. The van der Waals surface area contributed by atoms with Crippen molar-refractivity contribution in [1.29, 1.82) is 0 Å². The second-order valence-electron chi connectivity index (χ2n) is 4.23. The van der Waals surface area contributed by atoms with Crippen LogP contribution < -0.4 is 10.6 Å². The van der Waals surface area contributed by atoms with E-state index >= 15 is 0 Å². The Morgan fingerprint density at radius 2 is 2.33 bits per heavy atom. The summed E-state index contributed by atoms with van der Waals surface area (Å²) in [6, 6.07) is 0.558. The van der Waals surface area contributed by atoms with Crippen molar-refractivity contribution < 1.29 is 0 Å². The fourth-order valence-electron chi connectivity index (χ4n) is 2.37. The maximum atomic E-state index is 5.79. The van der Waals surface area contributed by atoms with Gasteiger partial charge in [-0.2, -0.15) is 4.37 Å². The van der Waals surface area contributed by atoms with E-state index in [1.54, 1.807) is 0 Å². The first-order valence-corrected chi connectivity index (χ1v) is 6.23. The third-order valence-corrected chi connectivity index (χ3v) is 4.14. The van der Waals surface area contributed by atoms with E-state index < -0.39 is 0 Å². The molecule has 1 saturated carbocycles. The summed E-state index contributed by atoms with van der Waals surface area (Å²) < 4.78 is 4.22. The van der Waals surface area contributed by atoms with E-state index in [1.165, 1.54) is 30.8 Å². The van der Waals surface area contributed by atoms with Gasteiger partial charge in [0.25, 0.3) is 0 Å². The molecule has 0 amide bonds. The lowest BCUT2D eigenvalue weighted by Gasteiger charge is -2.28. The van der Waals surface area contributed by atoms with Crippen molar-refractivity contribution in [3.05, 3.63) is 5.82 Å². The number of nitrogens with two attached hydrogens (primary N) is 1. The van der Waals surface area contributed by atoms with Crippen LogP contribution in [-0.4, -0.2) is 29.0 Å². The topological polar surface area (TPSA) is 55.0 Å². The lowest BCUT2D eigenvalue weighted by molar-refractivity contribution is 0.474. The quantitative estimate of drug-likeness (QED) is 0.846. The van der Waals surface area contributed by atoms with Gasteiger partial charge in [-0.05, 0) is 32.2 Å². The Kier molecular flexibility index (Phi) is 3.21. The molecule has 0 bridgehead atoms. The number of aromatic nitrogens is 2. The molecule has 1 fully saturated rings. The molecular weight excluding hydrogens is 208 g/mol. The fourth-order valence-corrected chi connectivity index (χ4v) is 3.07. The van der Waals surface area contributed by atoms with Crippen LogP contribution in [0.2, 0.25) is 0 Å². The van der Waals surface area contributed by atoms with Gasteiger partial charge in [0.2, 0.25) is 5.13 Å². The molecule has 84 valence electrons. The van der Waals surface area contributed by atoms with E-state index in [1.807, 2.05) is 6.92 Å². The summed E-state index contributed by atoms with van der Waals surface area (Å²) in [4.78, 5) is 6.68. The van der Waals surface area contributed by atoms with Crippen molar-refractivity contribution in [3.8, 4) is 0 Å². The molecule has 2 unspecified atom stereocenters. The Bertz CT molecular complexity index is 325. The van der Waals surface area contributed by atoms with Crippen LogP contribution in [0.25, 0.3) is 0 Å². The Hall–Kier alpha value is -0.680. The molecule has 0 saturated heterocycles. The summed E-state index contributed by atoms with van der Waals surface area (Å²) in [7, 11) is 2.11. The van der Waals surface area contributed by atoms with E-state index in [4.69, 9.17) is 5.73 Å². The molecule has 1 heterocycles. The smallest absolute Gasteiger partial charge is 0.205 e. The van der Waals surface area contributed by atoms with Gasteiger partial charge in [-0.1, -0.05) is 6.42 Å². The molecule has 1 aromatic heterocycles. The highest BCUT2D eigenvalue weighted by molar-refractivity contribution is 7.09. The zero-order valence-electron chi connectivity index (χ0n) is 9.31. The summed E-state index contributed by atoms with van der Waals surface area (Å²) in [5.41, 5.74) is 5.79. The molecule has 2 atom stereocenters. The summed E-state index contributed by atoms with van der Waals surface area (Å²) in [5.74, 6) is 1.49. The zero-order chi connectivity index (χ0) is 10.8. The number of hydrogen-bond donors (Lipinski definition) is 1. The van der Waals surface area contributed by atoms with Gasteiger partial charge in [-0.25, -0.2) is 4.98 Å². The van der Waals surface area contributed by atoms with Gasteiger partial charge in [-0.3, -0.25) is 0 Å². The maximum absolute atomic E-state index is 5.79. The number of nitrogens with zero attached hydrogens (tertiary/aromatic N) is 3. The minimum Gasteiger partial charge on any atom is -0.347 e. The van der Waals surface area contributed by atoms with Crippen LogP contribution in [0.1, 0.15) is 25.1 Å². The molecule has 0 spiro atoms. The highest BCUT2D eigenvalue weighted by Crippen LogP contribution is 2.31. The van der Waals surface area contributed by atoms with E-state index in [9.17, 15) is 0 Å². The number of aryl methyl sites for hydroxylation is 1. The minimum atomic E-state index is 0.558. The highest BCUT2D eigenvalue weighted by Gasteiger charge is 2.30. The minimum absolute atomic E-state index is 0.558. The third-order valence-electron chi connectivity index (χ3n) is 3.24. The largest absolute Gasteiger partial charge is 0.347 e. The number of hydrogen-bond acceptors (Lipinski definition) is 5. The van der Waals surface area contributed by atoms with Gasteiger partial charge < -0.3 is 10.6 Å². The molecule has 2 rings (SSSR count). The first-order chi connectivity index (χ1) is 7.22. The Morgan fingerprint density at radius 1 is 1.53 bits per heavy atom. The van der Waals surface area contributed by atoms with Crippen LogP contribution >= 0.6 is 11.5 Å². The molecule has 1 aromatic rings.